The summed E-state index contributed by atoms with van der Waals surface area (Å²) in [5.74, 6) is 1.90. The summed E-state index contributed by atoms with van der Waals surface area (Å²) in [5, 5.41) is 1.19. The summed E-state index contributed by atoms with van der Waals surface area (Å²) >= 11 is 17.9. The van der Waals surface area contributed by atoms with Crippen molar-refractivity contribution in [3.05, 3.63) is 50.9 Å². The molecule has 6 heteroatoms. The van der Waals surface area contributed by atoms with Crippen LogP contribution in [-0.4, -0.2) is 6.04 Å². The summed E-state index contributed by atoms with van der Waals surface area (Å²) in [4.78, 5) is 0. The third-order valence-electron chi connectivity index (χ3n) is 2.56. The third-order valence-corrected chi connectivity index (χ3v) is 3.34. The predicted octanol–water partition coefficient (Wildman–Crippen LogP) is 4.71. The van der Waals surface area contributed by atoms with Crippen molar-refractivity contribution >= 4 is 34.8 Å². The summed E-state index contributed by atoms with van der Waals surface area (Å²) < 4.78 is 11.2. The fourth-order valence-electron chi connectivity index (χ4n) is 1.74. The summed E-state index contributed by atoms with van der Waals surface area (Å²) in [6, 6.07) is 6.93. The second-order valence-electron chi connectivity index (χ2n) is 4.54. The molecule has 0 aliphatic rings. The number of nitrogens with two attached hydrogens (primary N) is 1. The summed E-state index contributed by atoms with van der Waals surface area (Å²) in [6.45, 7) is 2.16. The summed E-state index contributed by atoms with van der Waals surface area (Å²) in [6.07, 6.45) is 0.683. The van der Waals surface area contributed by atoms with Crippen molar-refractivity contribution in [1.82, 2.24) is 0 Å². The number of rotatable bonds is 5. The number of hydrogen-bond donors (Lipinski definition) is 1. The summed E-state index contributed by atoms with van der Waals surface area (Å²) in [5.41, 5.74) is 5.71. The molecule has 1 heterocycles. The Hall–Kier alpha value is -0.870. The van der Waals surface area contributed by atoms with E-state index in [-0.39, 0.29) is 12.6 Å². The second-order valence-corrected chi connectivity index (χ2v) is 5.79. The Morgan fingerprint density at radius 1 is 1.15 bits per heavy atom. The number of hydrogen-bond acceptors (Lipinski definition) is 3. The van der Waals surface area contributed by atoms with E-state index in [1.54, 1.807) is 12.1 Å². The van der Waals surface area contributed by atoms with E-state index in [0.29, 0.717) is 33.0 Å². The largest absolute Gasteiger partial charge is 0.483 e. The van der Waals surface area contributed by atoms with Crippen molar-refractivity contribution in [2.24, 2.45) is 5.73 Å². The maximum absolute atomic E-state index is 6.03. The van der Waals surface area contributed by atoms with E-state index in [1.165, 1.54) is 0 Å². The molecular formula is C14H14Cl3NO2. The van der Waals surface area contributed by atoms with Gasteiger partial charge in [0.1, 0.15) is 18.1 Å². The van der Waals surface area contributed by atoms with Crippen LogP contribution in [0.15, 0.2) is 28.7 Å². The molecule has 0 radical (unpaired) electrons. The standard InChI is InChI=1S/C14H14Cl3NO2/c1-8(18)4-10-2-3-11(20-10)7-19-14-12(16)5-9(15)6-13(14)17/h2-3,5-6,8H,4,7,18H2,1H3. The van der Waals surface area contributed by atoms with Crippen LogP contribution in [0.5, 0.6) is 5.75 Å². The molecule has 1 unspecified atom stereocenters. The van der Waals surface area contributed by atoms with Crippen LogP contribution in [0, 0.1) is 0 Å². The van der Waals surface area contributed by atoms with Crippen LogP contribution < -0.4 is 10.5 Å². The van der Waals surface area contributed by atoms with Crippen LogP contribution in [0.1, 0.15) is 18.4 Å². The first-order valence-electron chi connectivity index (χ1n) is 6.06. The zero-order valence-corrected chi connectivity index (χ0v) is 13.1. The molecular weight excluding hydrogens is 321 g/mol. The molecule has 2 rings (SSSR count). The Morgan fingerprint density at radius 2 is 1.75 bits per heavy atom. The highest BCUT2D eigenvalue weighted by Gasteiger charge is 2.11. The van der Waals surface area contributed by atoms with E-state index in [4.69, 9.17) is 49.7 Å². The zero-order valence-electron chi connectivity index (χ0n) is 10.8. The first kappa shape index (κ1) is 15.5. The van der Waals surface area contributed by atoms with Crippen molar-refractivity contribution in [2.75, 3.05) is 0 Å². The van der Waals surface area contributed by atoms with Gasteiger partial charge in [0.15, 0.2) is 5.75 Å². The highest BCUT2D eigenvalue weighted by molar-refractivity contribution is 6.40. The molecule has 20 heavy (non-hydrogen) atoms. The highest BCUT2D eigenvalue weighted by atomic mass is 35.5. The van der Waals surface area contributed by atoms with Gasteiger partial charge >= 0.3 is 0 Å². The molecule has 0 spiro atoms. The van der Waals surface area contributed by atoms with Crippen LogP contribution in [0.3, 0.4) is 0 Å². The smallest absolute Gasteiger partial charge is 0.157 e. The minimum absolute atomic E-state index is 0.0510. The van der Waals surface area contributed by atoms with Crippen LogP contribution in [0.25, 0.3) is 0 Å². The SMILES string of the molecule is CC(N)Cc1ccc(COc2c(Cl)cc(Cl)cc2Cl)o1. The van der Waals surface area contributed by atoms with Crippen molar-refractivity contribution in [3.63, 3.8) is 0 Å². The minimum atomic E-state index is 0.0510. The van der Waals surface area contributed by atoms with Gasteiger partial charge in [-0.1, -0.05) is 34.8 Å². The molecule has 0 bridgehead atoms. The van der Waals surface area contributed by atoms with Gasteiger partial charge in [-0.05, 0) is 31.2 Å². The van der Waals surface area contributed by atoms with Crippen LogP contribution in [-0.2, 0) is 13.0 Å². The molecule has 0 saturated heterocycles. The van der Waals surface area contributed by atoms with Gasteiger partial charge in [0, 0.05) is 17.5 Å². The second kappa shape index (κ2) is 6.72. The molecule has 0 saturated carbocycles. The zero-order chi connectivity index (χ0) is 14.7. The van der Waals surface area contributed by atoms with Crippen molar-refractivity contribution < 1.29 is 9.15 Å². The molecule has 3 nitrogen and oxygen atoms in total. The molecule has 1 aromatic carbocycles. The van der Waals surface area contributed by atoms with E-state index < -0.39 is 0 Å². The van der Waals surface area contributed by atoms with E-state index in [1.807, 2.05) is 19.1 Å². The van der Waals surface area contributed by atoms with E-state index in [0.717, 1.165) is 5.76 Å². The molecule has 0 fully saturated rings. The van der Waals surface area contributed by atoms with Gasteiger partial charge in [-0.2, -0.15) is 0 Å². The number of ether oxygens (including phenoxy) is 1. The fourth-order valence-corrected chi connectivity index (χ4v) is 2.66. The van der Waals surface area contributed by atoms with Crippen molar-refractivity contribution in [2.45, 2.75) is 26.0 Å². The Morgan fingerprint density at radius 3 is 2.35 bits per heavy atom. The topological polar surface area (TPSA) is 48.4 Å². The lowest BCUT2D eigenvalue weighted by Crippen LogP contribution is -2.17. The molecule has 108 valence electrons. The van der Waals surface area contributed by atoms with Gasteiger partial charge in [-0.3, -0.25) is 0 Å². The number of halogens is 3. The van der Waals surface area contributed by atoms with E-state index in [2.05, 4.69) is 0 Å². The lowest BCUT2D eigenvalue weighted by molar-refractivity contribution is 0.266. The van der Waals surface area contributed by atoms with Gasteiger partial charge in [-0.25, -0.2) is 0 Å². The molecule has 0 aliphatic carbocycles. The first-order chi connectivity index (χ1) is 9.45. The van der Waals surface area contributed by atoms with Crippen LogP contribution in [0.2, 0.25) is 15.1 Å². The van der Waals surface area contributed by atoms with E-state index >= 15 is 0 Å². The van der Waals surface area contributed by atoms with Crippen LogP contribution in [0.4, 0.5) is 0 Å². The number of furan rings is 1. The number of benzene rings is 1. The van der Waals surface area contributed by atoms with E-state index in [9.17, 15) is 0 Å². The predicted molar refractivity (Wildman–Crippen MR) is 81.9 cm³/mol. The Balaban J connectivity index is 2.04. The minimum Gasteiger partial charge on any atom is -0.483 e. The lowest BCUT2D eigenvalue weighted by atomic mass is 10.2. The Bertz CT molecular complexity index is 573. The molecule has 1 aromatic heterocycles. The lowest BCUT2D eigenvalue weighted by Gasteiger charge is -2.09. The highest BCUT2D eigenvalue weighted by Crippen LogP contribution is 2.36. The monoisotopic (exact) mass is 333 g/mol. The average Bonchev–Trinajstić information content (AvgIpc) is 2.74. The molecule has 2 aromatic rings. The van der Waals surface area contributed by atoms with Crippen LogP contribution >= 0.6 is 34.8 Å². The molecule has 1 atom stereocenters. The fraction of sp³-hybridized carbons (Fsp3) is 0.286. The van der Waals surface area contributed by atoms with Crippen molar-refractivity contribution in [1.29, 1.82) is 0 Å². The van der Waals surface area contributed by atoms with Gasteiger partial charge < -0.3 is 14.9 Å². The van der Waals surface area contributed by atoms with Crippen molar-refractivity contribution in [3.8, 4) is 5.75 Å². The van der Waals surface area contributed by atoms with Gasteiger partial charge in [0.05, 0.1) is 10.0 Å². The Kier molecular flexibility index (Phi) is 5.22. The maximum atomic E-state index is 6.03. The quantitative estimate of drug-likeness (QED) is 0.861. The normalized spacial score (nSPS) is 12.4. The summed E-state index contributed by atoms with van der Waals surface area (Å²) in [7, 11) is 0. The van der Waals surface area contributed by atoms with Gasteiger partial charge in [-0.15, -0.1) is 0 Å². The average molecular weight is 335 g/mol. The molecule has 0 aliphatic heterocycles. The first-order valence-corrected chi connectivity index (χ1v) is 7.19. The Labute approximate surface area is 132 Å². The molecule has 0 amide bonds. The third kappa shape index (κ3) is 4.06. The van der Waals surface area contributed by atoms with Gasteiger partial charge in [0.25, 0.3) is 0 Å². The maximum Gasteiger partial charge on any atom is 0.157 e. The molecule has 2 N–H and O–H groups in total. The van der Waals surface area contributed by atoms with Gasteiger partial charge in [0.2, 0.25) is 0 Å².